The Morgan fingerprint density at radius 3 is 2.45 bits per heavy atom. The second-order valence-corrected chi connectivity index (χ2v) is 3.70. The molecule has 11 heavy (non-hydrogen) atoms. The van der Waals surface area contributed by atoms with E-state index in [1.54, 1.807) is 0 Å². The minimum atomic E-state index is 0.294. The van der Waals surface area contributed by atoms with Crippen molar-refractivity contribution in [2.24, 2.45) is 11.8 Å². The molecule has 2 rings (SSSR count). The van der Waals surface area contributed by atoms with Crippen LogP contribution in [0.4, 0.5) is 0 Å². The molecule has 0 spiro atoms. The lowest BCUT2D eigenvalue weighted by Crippen LogP contribution is -2.57. The predicted octanol–water partition coefficient (Wildman–Crippen LogP) is -0.316. The van der Waals surface area contributed by atoms with Crippen molar-refractivity contribution < 1.29 is 4.79 Å². The fourth-order valence-corrected chi connectivity index (χ4v) is 1.60. The summed E-state index contributed by atoms with van der Waals surface area (Å²) >= 11 is 0. The fourth-order valence-electron chi connectivity index (χ4n) is 1.60. The summed E-state index contributed by atoms with van der Waals surface area (Å²) in [6.45, 7) is 5.93. The Kier molecular flexibility index (Phi) is 1.60. The molecule has 2 aliphatic rings. The van der Waals surface area contributed by atoms with Crippen LogP contribution in [0.2, 0.25) is 0 Å². The molecular formula is C8H14N2O. The molecule has 0 atom stereocenters. The van der Waals surface area contributed by atoms with E-state index in [1.807, 2.05) is 4.90 Å². The molecule has 0 aromatic rings. The van der Waals surface area contributed by atoms with Crippen LogP contribution < -0.4 is 5.32 Å². The van der Waals surface area contributed by atoms with Gasteiger partial charge in [-0.05, 0) is 5.92 Å². The molecule has 0 aromatic heterocycles. The van der Waals surface area contributed by atoms with Gasteiger partial charge in [0.25, 0.3) is 0 Å². The molecule has 3 nitrogen and oxygen atoms in total. The Bertz CT molecular complexity index is 171. The molecule has 2 heterocycles. The number of hydrogen-bond donors (Lipinski definition) is 1. The third-order valence-electron chi connectivity index (χ3n) is 2.51. The SMILES string of the molecule is CC1CN(C(=O)C2CNC2)C1. The molecule has 3 heteroatoms. The Hall–Kier alpha value is -0.570. The van der Waals surface area contributed by atoms with E-state index in [2.05, 4.69) is 12.2 Å². The minimum Gasteiger partial charge on any atom is -0.342 e. The van der Waals surface area contributed by atoms with Gasteiger partial charge in [-0.15, -0.1) is 0 Å². The summed E-state index contributed by atoms with van der Waals surface area (Å²) in [5, 5.41) is 3.11. The summed E-state index contributed by atoms with van der Waals surface area (Å²) in [5.41, 5.74) is 0. The summed E-state index contributed by atoms with van der Waals surface area (Å²) in [6, 6.07) is 0. The van der Waals surface area contributed by atoms with Crippen molar-refractivity contribution in [1.29, 1.82) is 0 Å². The van der Waals surface area contributed by atoms with Crippen molar-refractivity contribution >= 4 is 5.91 Å². The molecular weight excluding hydrogens is 140 g/mol. The molecule has 0 saturated carbocycles. The standard InChI is InChI=1S/C8H14N2O/c1-6-4-10(5-6)8(11)7-2-9-3-7/h6-7,9H,2-5H2,1H3. The highest BCUT2D eigenvalue weighted by atomic mass is 16.2. The molecule has 2 fully saturated rings. The van der Waals surface area contributed by atoms with E-state index in [-0.39, 0.29) is 0 Å². The van der Waals surface area contributed by atoms with Gasteiger partial charge in [0.15, 0.2) is 0 Å². The summed E-state index contributed by atoms with van der Waals surface area (Å²) in [6.07, 6.45) is 0. The van der Waals surface area contributed by atoms with Gasteiger partial charge in [-0.1, -0.05) is 6.92 Å². The first-order chi connectivity index (χ1) is 5.27. The molecule has 0 aliphatic carbocycles. The first-order valence-corrected chi connectivity index (χ1v) is 4.27. The van der Waals surface area contributed by atoms with Crippen molar-refractivity contribution in [3.8, 4) is 0 Å². The topological polar surface area (TPSA) is 32.3 Å². The van der Waals surface area contributed by atoms with Gasteiger partial charge >= 0.3 is 0 Å². The van der Waals surface area contributed by atoms with E-state index >= 15 is 0 Å². The second kappa shape index (κ2) is 2.48. The predicted molar refractivity (Wildman–Crippen MR) is 42.1 cm³/mol. The highest BCUT2D eigenvalue weighted by Crippen LogP contribution is 2.18. The Morgan fingerprint density at radius 1 is 1.45 bits per heavy atom. The number of nitrogens with zero attached hydrogens (tertiary/aromatic N) is 1. The third-order valence-corrected chi connectivity index (χ3v) is 2.51. The first kappa shape index (κ1) is 7.10. The van der Waals surface area contributed by atoms with Crippen molar-refractivity contribution in [3.63, 3.8) is 0 Å². The molecule has 2 aliphatic heterocycles. The lowest BCUT2D eigenvalue weighted by Gasteiger charge is -2.41. The van der Waals surface area contributed by atoms with Crippen LogP contribution in [0.15, 0.2) is 0 Å². The van der Waals surface area contributed by atoms with Crippen LogP contribution in [0.1, 0.15) is 6.92 Å². The van der Waals surface area contributed by atoms with Gasteiger partial charge < -0.3 is 10.2 Å². The Labute approximate surface area is 66.8 Å². The number of hydrogen-bond acceptors (Lipinski definition) is 2. The van der Waals surface area contributed by atoms with E-state index in [0.29, 0.717) is 11.8 Å². The molecule has 62 valence electrons. The van der Waals surface area contributed by atoms with Gasteiger partial charge in [-0.3, -0.25) is 4.79 Å². The van der Waals surface area contributed by atoms with E-state index < -0.39 is 0 Å². The molecule has 0 unspecified atom stereocenters. The van der Waals surface area contributed by atoms with Crippen LogP contribution in [0, 0.1) is 11.8 Å². The van der Waals surface area contributed by atoms with Crippen molar-refractivity contribution in [2.75, 3.05) is 26.2 Å². The maximum absolute atomic E-state index is 11.4. The highest BCUT2D eigenvalue weighted by molar-refractivity contribution is 5.80. The maximum Gasteiger partial charge on any atom is 0.228 e. The van der Waals surface area contributed by atoms with Crippen LogP contribution in [0.25, 0.3) is 0 Å². The van der Waals surface area contributed by atoms with Gasteiger partial charge in [0.1, 0.15) is 0 Å². The zero-order chi connectivity index (χ0) is 7.84. The largest absolute Gasteiger partial charge is 0.342 e. The number of carbonyl (C=O) groups excluding carboxylic acids is 1. The van der Waals surface area contributed by atoms with Gasteiger partial charge in [-0.25, -0.2) is 0 Å². The van der Waals surface area contributed by atoms with E-state index in [1.165, 1.54) is 0 Å². The van der Waals surface area contributed by atoms with Crippen LogP contribution >= 0.6 is 0 Å². The number of nitrogens with one attached hydrogen (secondary N) is 1. The quantitative estimate of drug-likeness (QED) is 0.561. The Balaban J connectivity index is 1.81. The zero-order valence-corrected chi connectivity index (χ0v) is 6.84. The van der Waals surface area contributed by atoms with Gasteiger partial charge in [0.05, 0.1) is 5.92 Å². The van der Waals surface area contributed by atoms with Crippen molar-refractivity contribution in [2.45, 2.75) is 6.92 Å². The monoisotopic (exact) mass is 154 g/mol. The third kappa shape index (κ3) is 1.13. The lowest BCUT2D eigenvalue weighted by atomic mass is 9.96. The summed E-state index contributed by atoms with van der Waals surface area (Å²) in [4.78, 5) is 13.4. The molecule has 1 N–H and O–H groups in total. The van der Waals surface area contributed by atoms with Crippen LogP contribution in [-0.2, 0) is 4.79 Å². The van der Waals surface area contributed by atoms with E-state index in [0.717, 1.165) is 32.1 Å². The van der Waals surface area contributed by atoms with Crippen molar-refractivity contribution in [3.05, 3.63) is 0 Å². The van der Waals surface area contributed by atoms with E-state index in [4.69, 9.17) is 0 Å². The highest BCUT2D eigenvalue weighted by Gasteiger charge is 2.34. The Morgan fingerprint density at radius 2 is 2.09 bits per heavy atom. The van der Waals surface area contributed by atoms with Gasteiger partial charge in [-0.2, -0.15) is 0 Å². The van der Waals surface area contributed by atoms with Crippen molar-refractivity contribution in [1.82, 2.24) is 10.2 Å². The number of carbonyl (C=O) groups is 1. The molecule has 0 radical (unpaired) electrons. The maximum atomic E-state index is 11.4. The number of likely N-dealkylation sites (tertiary alicyclic amines) is 1. The smallest absolute Gasteiger partial charge is 0.228 e. The first-order valence-electron chi connectivity index (χ1n) is 4.27. The molecule has 0 bridgehead atoms. The average molecular weight is 154 g/mol. The minimum absolute atomic E-state index is 0.294. The van der Waals surface area contributed by atoms with E-state index in [9.17, 15) is 4.79 Å². The number of amides is 1. The molecule has 0 aromatic carbocycles. The van der Waals surface area contributed by atoms with Crippen LogP contribution in [0.5, 0.6) is 0 Å². The fraction of sp³-hybridized carbons (Fsp3) is 0.875. The summed E-state index contributed by atoms with van der Waals surface area (Å²) in [5.74, 6) is 1.39. The van der Waals surface area contributed by atoms with Gasteiger partial charge in [0.2, 0.25) is 5.91 Å². The summed E-state index contributed by atoms with van der Waals surface area (Å²) < 4.78 is 0. The van der Waals surface area contributed by atoms with Gasteiger partial charge in [0, 0.05) is 26.2 Å². The van der Waals surface area contributed by atoms with Crippen LogP contribution in [-0.4, -0.2) is 37.0 Å². The zero-order valence-electron chi connectivity index (χ0n) is 6.84. The number of rotatable bonds is 1. The van der Waals surface area contributed by atoms with Crippen LogP contribution in [0.3, 0.4) is 0 Å². The lowest BCUT2D eigenvalue weighted by molar-refractivity contribution is -0.143. The molecule has 2 saturated heterocycles. The normalized spacial score (nSPS) is 26.1. The molecule has 1 amide bonds. The average Bonchev–Trinajstić information content (AvgIpc) is 1.76. The summed E-state index contributed by atoms with van der Waals surface area (Å²) in [7, 11) is 0. The second-order valence-electron chi connectivity index (χ2n) is 3.70.